The Morgan fingerprint density at radius 1 is 1.06 bits per heavy atom. The van der Waals surface area contributed by atoms with Gasteiger partial charge in [0.05, 0.1) is 22.9 Å². The molecule has 2 aromatic carbocycles. The van der Waals surface area contributed by atoms with Crippen molar-refractivity contribution in [2.24, 2.45) is 0 Å². The number of rotatable bonds is 9. The smallest absolute Gasteiger partial charge is 0.251 e. The normalized spacial score (nSPS) is 18.3. The summed E-state index contributed by atoms with van der Waals surface area (Å²) in [6, 6.07) is 10.6. The van der Waals surface area contributed by atoms with E-state index in [1.807, 2.05) is 0 Å². The summed E-state index contributed by atoms with van der Waals surface area (Å²) in [6.07, 6.45) is 4.69. The number of benzene rings is 2. The minimum atomic E-state index is -3.56. The van der Waals surface area contributed by atoms with Crippen LogP contribution in [0.1, 0.15) is 41.6 Å². The van der Waals surface area contributed by atoms with Crippen molar-refractivity contribution in [2.75, 3.05) is 42.6 Å². The zero-order valence-corrected chi connectivity index (χ0v) is 21.1. The highest BCUT2D eigenvalue weighted by Gasteiger charge is 2.30. The van der Waals surface area contributed by atoms with Crippen LogP contribution in [0, 0.1) is 0 Å². The summed E-state index contributed by atoms with van der Waals surface area (Å²) in [7, 11) is -3.56. The molecule has 0 bridgehead atoms. The summed E-state index contributed by atoms with van der Waals surface area (Å²) >= 11 is 5.86. The first-order chi connectivity index (χ1) is 16.8. The van der Waals surface area contributed by atoms with Crippen LogP contribution in [0.3, 0.4) is 0 Å². The van der Waals surface area contributed by atoms with Crippen LogP contribution in [0.2, 0.25) is 5.02 Å². The fraction of sp³-hybridized carbons (Fsp3) is 0.440. The molecule has 0 aliphatic carbocycles. The van der Waals surface area contributed by atoms with Crippen molar-refractivity contribution in [1.29, 1.82) is 0 Å². The number of carbonyl (C=O) groups excluding carboxylic acids is 2. The van der Waals surface area contributed by atoms with Crippen molar-refractivity contribution in [3.8, 4) is 0 Å². The van der Waals surface area contributed by atoms with E-state index in [9.17, 15) is 18.0 Å². The van der Waals surface area contributed by atoms with Crippen LogP contribution >= 0.6 is 11.6 Å². The van der Waals surface area contributed by atoms with Gasteiger partial charge in [0, 0.05) is 17.1 Å². The van der Waals surface area contributed by atoms with Crippen LogP contribution in [0.4, 0.5) is 11.4 Å². The van der Waals surface area contributed by atoms with Gasteiger partial charge in [0.1, 0.15) is 6.04 Å². The SMILES string of the molecule is O=C(NCCCN1CCCCC1)c1ccc2c(c1)NC(=O)C(CS(=O)(=O)Cc1ccc(Cl)cc1)N2. The van der Waals surface area contributed by atoms with Crippen molar-refractivity contribution in [3.63, 3.8) is 0 Å². The molecule has 2 aliphatic heterocycles. The first-order valence-electron chi connectivity index (χ1n) is 12.0. The molecule has 2 heterocycles. The maximum Gasteiger partial charge on any atom is 0.251 e. The Bertz CT molecular complexity index is 1160. The van der Waals surface area contributed by atoms with Crippen LogP contribution in [0.25, 0.3) is 0 Å². The zero-order valence-electron chi connectivity index (χ0n) is 19.6. The molecule has 3 N–H and O–H groups in total. The lowest BCUT2D eigenvalue weighted by molar-refractivity contribution is -0.116. The van der Waals surface area contributed by atoms with Gasteiger partial charge in [0.2, 0.25) is 5.91 Å². The van der Waals surface area contributed by atoms with E-state index in [2.05, 4.69) is 20.9 Å². The van der Waals surface area contributed by atoms with Gasteiger partial charge >= 0.3 is 0 Å². The van der Waals surface area contributed by atoms with Gasteiger partial charge in [-0.2, -0.15) is 0 Å². The molecule has 10 heteroatoms. The van der Waals surface area contributed by atoms with Gasteiger partial charge in [-0.25, -0.2) is 8.42 Å². The lowest BCUT2D eigenvalue weighted by Gasteiger charge is -2.27. The van der Waals surface area contributed by atoms with Crippen LogP contribution in [0.15, 0.2) is 42.5 Å². The Labute approximate surface area is 211 Å². The highest BCUT2D eigenvalue weighted by molar-refractivity contribution is 7.90. The zero-order chi connectivity index (χ0) is 24.8. The number of sulfone groups is 1. The van der Waals surface area contributed by atoms with E-state index in [0.29, 0.717) is 34.1 Å². The van der Waals surface area contributed by atoms with Crippen LogP contribution < -0.4 is 16.0 Å². The molecule has 188 valence electrons. The molecule has 1 fully saturated rings. The van der Waals surface area contributed by atoms with Crippen LogP contribution in [0.5, 0.6) is 0 Å². The molecular weight excluding hydrogens is 488 g/mol. The predicted octanol–water partition coefficient (Wildman–Crippen LogP) is 3.29. The van der Waals surface area contributed by atoms with E-state index in [1.165, 1.54) is 19.3 Å². The van der Waals surface area contributed by atoms with Gasteiger partial charge < -0.3 is 20.9 Å². The Hall–Kier alpha value is -2.62. The van der Waals surface area contributed by atoms with Gasteiger partial charge in [0.25, 0.3) is 5.91 Å². The number of carbonyl (C=O) groups is 2. The number of anilines is 2. The third kappa shape index (κ3) is 7.19. The number of halogens is 1. The monoisotopic (exact) mass is 518 g/mol. The van der Waals surface area contributed by atoms with E-state index < -0.39 is 21.8 Å². The van der Waals surface area contributed by atoms with Gasteiger partial charge in [0.15, 0.2) is 9.84 Å². The second-order valence-electron chi connectivity index (χ2n) is 9.14. The molecule has 4 rings (SSSR count). The number of nitrogens with one attached hydrogen (secondary N) is 3. The second kappa shape index (κ2) is 11.4. The van der Waals surface area contributed by atoms with Gasteiger partial charge in [-0.3, -0.25) is 9.59 Å². The van der Waals surface area contributed by atoms with Crippen LogP contribution in [-0.4, -0.2) is 63.1 Å². The van der Waals surface area contributed by atoms with Crippen molar-refractivity contribution in [1.82, 2.24) is 10.2 Å². The first-order valence-corrected chi connectivity index (χ1v) is 14.2. The van der Waals surface area contributed by atoms with Gasteiger partial charge in [-0.15, -0.1) is 0 Å². The Morgan fingerprint density at radius 2 is 1.80 bits per heavy atom. The molecule has 0 saturated carbocycles. The second-order valence-corrected chi connectivity index (χ2v) is 11.7. The summed E-state index contributed by atoms with van der Waals surface area (Å²) in [5.41, 5.74) is 2.09. The van der Waals surface area contributed by atoms with Crippen molar-refractivity contribution < 1.29 is 18.0 Å². The standard InChI is InChI=1S/C25H31ClN4O4S/c26-20-8-5-18(6-9-20)16-35(33,34)17-23-25(32)29-22-15-19(7-10-21(22)28-23)24(31)27-11-4-14-30-12-2-1-3-13-30/h5-10,15,23,28H,1-4,11-14,16-17H2,(H,27,31)(H,29,32). The number of hydrogen-bond donors (Lipinski definition) is 3. The van der Waals surface area contributed by atoms with E-state index in [4.69, 9.17) is 11.6 Å². The molecule has 0 aromatic heterocycles. The summed E-state index contributed by atoms with van der Waals surface area (Å²) in [5, 5.41) is 9.21. The van der Waals surface area contributed by atoms with Gasteiger partial charge in [-0.05, 0) is 74.8 Å². The molecule has 35 heavy (non-hydrogen) atoms. The first kappa shape index (κ1) is 25.5. The number of likely N-dealkylation sites (tertiary alicyclic amines) is 1. The summed E-state index contributed by atoms with van der Waals surface area (Å²) < 4.78 is 25.3. The number of piperidine rings is 1. The van der Waals surface area contributed by atoms with E-state index >= 15 is 0 Å². The lowest BCUT2D eigenvalue weighted by atomic mass is 10.1. The average Bonchev–Trinajstić information content (AvgIpc) is 2.83. The molecule has 1 atom stereocenters. The fourth-order valence-corrected chi connectivity index (χ4v) is 6.13. The molecule has 1 saturated heterocycles. The third-order valence-corrected chi connectivity index (χ3v) is 8.16. The molecule has 0 radical (unpaired) electrons. The number of hydrogen-bond acceptors (Lipinski definition) is 6. The predicted molar refractivity (Wildman–Crippen MR) is 139 cm³/mol. The number of nitrogens with zero attached hydrogens (tertiary/aromatic N) is 1. The number of fused-ring (bicyclic) bond motifs is 1. The third-order valence-electron chi connectivity index (χ3n) is 6.29. The largest absolute Gasteiger partial charge is 0.371 e. The van der Waals surface area contributed by atoms with Crippen molar-refractivity contribution in [2.45, 2.75) is 37.5 Å². The molecule has 2 aromatic rings. The summed E-state index contributed by atoms with van der Waals surface area (Å²) in [6.45, 7) is 3.83. The highest BCUT2D eigenvalue weighted by Crippen LogP contribution is 2.28. The molecule has 2 aliphatic rings. The van der Waals surface area contributed by atoms with Crippen molar-refractivity contribution in [3.05, 3.63) is 58.6 Å². The van der Waals surface area contributed by atoms with Crippen molar-refractivity contribution >= 4 is 44.6 Å². The summed E-state index contributed by atoms with van der Waals surface area (Å²) in [4.78, 5) is 27.6. The molecule has 1 unspecified atom stereocenters. The van der Waals surface area contributed by atoms with Crippen LogP contribution in [-0.2, 0) is 20.4 Å². The highest BCUT2D eigenvalue weighted by atomic mass is 35.5. The quantitative estimate of drug-likeness (QED) is 0.440. The molecular formula is C25H31ClN4O4S. The fourth-order valence-electron chi connectivity index (χ4n) is 4.44. The topological polar surface area (TPSA) is 108 Å². The maximum atomic E-state index is 12.7. The minimum Gasteiger partial charge on any atom is -0.371 e. The molecule has 8 nitrogen and oxygen atoms in total. The van der Waals surface area contributed by atoms with Gasteiger partial charge in [-0.1, -0.05) is 30.2 Å². The van der Waals surface area contributed by atoms with E-state index in [0.717, 1.165) is 26.1 Å². The average molecular weight is 519 g/mol. The minimum absolute atomic E-state index is 0.181. The Kier molecular flexibility index (Phi) is 8.30. The van der Waals surface area contributed by atoms with E-state index in [-0.39, 0.29) is 17.4 Å². The Balaban J connectivity index is 1.30. The van der Waals surface area contributed by atoms with E-state index in [1.54, 1.807) is 42.5 Å². The number of amides is 2. The molecule has 2 amide bonds. The lowest BCUT2D eigenvalue weighted by Crippen LogP contribution is -2.43. The summed E-state index contributed by atoms with van der Waals surface area (Å²) in [5.74, 6) is -1.18. The Morgan fingerprint density at radius 3 is 2.54 bits per heavy atom. The molecule has 0 spiro atoms. The maximum absolute atomic E-state index is 12.7.